The average Bonchev–Trinajstić information content (AvgIpc) is 3.19. The fraction of sp³-hybridized carbons (Fsp3) is 0.0303. The SMILES string of the molecule is C1=CCc2c(ccc3c2B2c4c(cccc4N(c4ccccc4)c4ccc5ccccc5c42)N3)C=C1. The van der Waals surface area contributed by atoms with E-state index in [2.05, 4.69) is 132 Å². The van der Waals surface area contributed by atoms with Crippen LogP contribution in [0.5, 0.6) is 0 Å². The van der Waals surface area contributed by atoms with Crippen LogP contribution in [0.3, 0.4) is 0 Å². The number of anilines is 5. The molecule has 168 valence electrons. The molecule has 0 radical (unpaired) electrons. The Morgan fingerprint density at radius 1 is 0.639 bits per heavy atom. The van der Waals surface area contributed by atoms with Gasteiger partial charge in [-0.3, -0.25) is 0 Å². The van der Waals surface area contributed by atoms with Crippen molar-refractivity contribution in [2.45, 2.75) is 6.42 Å². The molecule has 0 saturated heterocycles. The summed E-state index contributed by atoms with van der Waals surface area (Å²) in [6, 6.07) is 35.5. The number of fused-ring (bicyclic) bond motifs is 8. The molecule has 5 aromatic rings. The van der Waals surface area contributed by atoms with Crippen molar-refractivity contribution in [1.29, 1.82) is 0 Å². The first kappa shape index (κ1) is 19.8. The number of hydrogen-bond acceptors (Lipinski definition) is 2. The smallest absolute Gasteiger partial charge is 0.253 e. The second-order valence-electron chi connectivity index (χ2n) is 9.77. The van der Waals surface area contributed by atoms with E-state index in [-0.39, 0.29) is 6.71 Å². The van der Waals surface area contributed by atoms with Gasteiger partial charge < -0.3 is 10.2 Å². The van der Waals surface area contributed by atoms with Gasteiger partial charge in [0.2, 0.25) is 0 Å². The predicted molar refractivity (Wildman–Crippen MR) is 155 cm³/mol. The van der Waals surface area contributed by atoms with Crippen LogP contribution in [-0.4, -0.2) is 6.71 Å². The van der Waals surface area contributed by atoms with Crippen molar-refractivity contribution in [1.82, 2.24) is 0 Å². The highest BCUT2D eigenvalue weighted by molar-refractivity contribution is 7.01. The van der Waals surface area contributed by atoms with Crippen LogP contribution >= 0.6 is 0 Å². The maximum atomic E-state index is 3.83. The van der Waals surface area contributed by atoms with Crippen LogP contribution in [0.4, 0.5) is 28.4 Å². The van der Waals surface area contributed by atoms with Gasteiger partial charge in [0.05, 0.1) is 0 Å². The number of hydrogen-bond donors (Lipinski definition) is 1. The zero-order valence-electron chi connectivity index (χ0n) is 19.8. The Morgan fingerprint density at radius 3 is 2.42 bits per heavy atom. The lowest BCUT2D eigenvalue weighted by Crippen LogP contribution is -2.61. The molecule has 1 aliphatic carbocycles. The zero-order valence-corrected chi connectivity index (χ0v) is 19.8. The van der Waals surface area contributed by atoms with E-state index in [1.165, 1.54) is 66.7 Å². The standard InChI is InChI=1S/C33H23BN2/c1-3-10-22-18-20-28-31(25(22)14-6-1)34-32-26-15-8-7-11-23(26)19-21-30(32)36(24-12-4-2-5-13-24)29-17-9-16-27(35-28)33(29)34/h1-13,15-21,35H,14H2. The van der Waals surface area contributed by atoms with E-state index in [1.807, 2.05) is 0 Å². The lowest BCUT2D eigenvalue weighted by Gasteiger charge is -2.42. The number of allylic oxidation sites excluding steroid dienone is 3. The first-order valence-electron chi connectivity index (χ1n) is 12.6. The van der Waals surface area contributed by atoms with Crippen LogP contribution in [0.1, 0.15) is 11.1 Å². The third-order valence-corrected chi connectivity index (χ3v) is 7.90. The number of nitrogens with zero attached hydrogens (tertiary/aromatic N) is 1. The minimum atomic E-state index is 0.156. The zero-order chi connectivity index (χ0) is 23.6. The Morgan fingerprint density at radius 2 is 1.47 bits per heavy atom. The third-order valence-electron chi connectivity index (χ3n) is 7.90. The number of benzene rings is 5. The van der Waals surface area contributed by atoms with Gasteiger partial charge >= 0.3 is 0 Å². The molecule has 8 rings (SSSR count). The summed E-state index contributed by atoms with van der Waals surface area (Å²) in [5.41, 5.74) is 13.0. The van der Waals surface area contributed by atoms with E-state index in [9.17, 15) is 0 Å². The molecular formula is C33H23BN2. The summed E-state index contributed by atoms with van der Waals surface area (Å²) in [7, 11) is 0. The van der Waals surface area contributed by atoms with Crippen LogP contribution in [0.15, 0.2) is 115 Å². The second-order valence-corrected chi connectivity index (χ2v) is 9.77. The second kappa shape index (κ2) is 7.50. The minimum absolute atomic E-state index is 0.156. The quantitative estimate of drug-likeness (QED) is 0.290. The van der Waals surface area contributed by atoms with Gasteiger partial charge in [-0.2, -0.15) is 0 Å². The molecule has 3 heteroatoms. The van der Waals surface area contributed by atoms with Gasteiger partial charge in [0.25, 0.3) is 6.71 Å². The van der Waals surface area contributed by atoms with Gasteiger partial charge in [-0.1, -0.05) is 85.0 Å². The lowest BCUT2D eigenvalue weighted by atomic mass is 9.32. The molecule has 3 aliphatic rings. The van der Waals surface area contributed by atoms with E-state index < -0.39 is 0 Å². The molecular weight excluding hydrogens is 435 g/mol. The summed E-state index contributed by atoms with van der Waals surface area (Å²) < 4.78 is 0. The molecule has 0 bridgehead atoms. The van der Waals surface area contributed by atoms with Gasteiger partial charge in [0.15, 0.2) is 0 Å². The molecule has 0 spiro atoms. The largest absolute Gasteiger partial charge is 0.356 e. The van der Waals surface area contributed by atoms with Crippen LogP contribution in [0.2, 0.25) is 0 Å². The molecule has 36 heavy (non-hydrogen) atoms. The summed E-state index contributed by atoms with van der Waals surface area (Å²) in [4.78, 5) is 2.45. The minimum Gasteiger partial charge on any atom is -0.356 e. The summed E-state index contributed by atoms with van der Waals surface area (Å²) in [5.74, 6) is 0. The topological polar surface area (TPSA) is 15.3 Å². The highest BCUT2D eigenvalue weighted by atomic mass is 15.2. The molecule has 2 nitrogen and oxygen atoms in total. The van der Waals surface area contributed by atoms with E-state index in [0.29, 0.717) is 0 Å². The molecule has 0 saturated carbocycles. The Labute approximate surface area is 211 Å². The van der Waals surface area contributed by atoms with Crippen molar-refractivity contribution in [3.63, 3.8) is 0 Å². The van der Waals surface area contributed by atoms with Gasteiger partial charge in [0.1, 0.15) is 0 Å². The van der Waals surface area contributed by atoms with E-state index >= 15 is 0 Å². The molecule has 2 aliphatic heterocycles. The van der Waals surface area contributed by atoms with Gasteiger partial charge in [-0.15, -0.1) is 0 Å². The van der Waals surface area contributed by atoms with Gasteiger partial charge in [0, 0.05) is 28.4 Å². The van der Waals surface area contributed by atoms with Crippen molar-refractivity contribution >= 4 is 68.4 Å². The monoisotopic (exact) mass is 458 g/mol. The average molecular weight is 458 g/mol. The summed E-state index contributed by atoms with van der Waals surface area (Å²) in [5, 5.41) is 6.44. The summed E-state index contributed by atoms with van der Waals surface area (Å²) in [6.07, 6.45) is 9.80. The number of rotatable bonds is 1. The van der Waals surface area contributed by atoms with Crippen molar-refractivity contribution in [2.75, 3.05) is 10.2 Å². The van der Waals surface area contributed by atoms with E-state index in [1.54, 1.807) is 0 Å². The lowest BCUT2D eigenvalue weighted by molar-refractivity contribution is 1.27. The van der Waals surface area contributed by atoms with Crippen molar-refractivity contribution < 1.29 is 0 Å². The molecule has 0 aromatic heterocycles. The third kappa shape index (κ3) is 2.68. The Bertz CT molecular complexity index is 1750. The summed E-state index contributed by atoms with van der Waals surface area (Å²) in [6.45, 7) is 0.156. The van der Waals surface area contributed by atoms with Crippen LogP contribution < -0.4 is 26.6 Å². The first-order valence-corrected chi connectivity index (χ1v) is 12.6. The fourth-order valence-electron chi connectivity index (χ4n) is 6.43. The molecule has 0 fully saturated rings. The molecule has 0 unspecified atom stereocenters. The van der Waals surface area contributed by atoms with Crippen molar-refractivity contribution in [2.24, 2.45) is 0 Å². The molecule has 0 atom stereocenters. The maximum Gasteiger partial charge on any atom is 0.253 e. The van der Waals surface area contributed by atoms with Crippen molar-refractivity contribution in [3.8, 4) is 0 Å². The Balaban J connectivity index is 1.53. The highest BCUT2D eigenvalue weighted by Crippen LogP contribution is 2.41. The van der Waals surface area contributed by atoms with Crippen LogP contribution in [0, 0.1) is 0 Å². The Hall–Kier alpha value is -4.50. The molecule has 5 aromatic carbocycles. The number of nitrogens with one attached hydrogen (secondary N) is 1. The van der Waals surface area contributed by atoms with Crippen molar-refractivity contribution in [3.05, 3.63) is 126 Å². The summed E-state index contributed by atoms with van der Waals surface area (Å²) >= 11 is 0. The molecule has 0 amide bonds. The van der Waals surface area contributed by atoms with Crippen LogP contribution in [-0.2, 0) is 6.42 Å². The van der Waals surface area contributed by atoms with Gasteiger partial charge in [-0.05, 0) is 81.1 Å². The van der Waals surface area contributed by atoms with E-state index in [0.717, 1.165) is 6.42 Å². The predicted octanol–water partition coefficient (Wildman–Crippen LogP) is 6.32. The Kier molecular flexibility index (Phi) is 4.12. The maximum absolute atomic E-state index is 3.83. The van der Waals surface area contributed by atoms with Gasteiger partial charge in [-0.25, -0.2) is 0 Å². The van der Waals surface area contributed by atoms with Crippen LogP contribution in [0.25, 0.3) is 16.8 Å². The fourth-order valence-corrected chi connectivity index (χ4v) is 6.43. The molecule has 2 heterocycles. The number of para-hydroxylation sites is 1. The highest BCUT2D eigenvalue weighted by Gasteiger charge is 2.42. The normalized spacial score (nSPS) is 14.4. The first-order chi connectivity index (χ1) is 17.9. The molecule has 1 N–H and O–H groups in total. The van der Waals surface area contributed by atoms with E-state index in [4.69, 9.17) is 0 Å².